The van der Waals surface area contributed by atoms with Gasteiger partial charge in [-0.2, -0.15) is 30.7 Å². The van der Waals surface area contributed by atoms with Crippen LogP contribution in [0.5, 0.6) is 0 Å². The largest absolute Gasteiger partial charge is 0.459 e. The van der Waals surface area contributed by atoms with Crippen LogP contribution < -0.4 is 0 Å². The van der Waals surface area contributed by atoms with Crippen molar-refractivity contribution in [2.75, 3.05) is 0 Å². The van der Waals surface area contributed by atoms with E-state index in [2.05, 4.69) is 0 Å². The molecule has 0 saturated heterocycles. The molecular formula is C20H27F7O3. The summed E-state index contributed by atoms with van der Waals surface area (Å²) in [5, 5.41) is 10.2. The predicted octanol–water partition coefficient (Wildman–Crippen LogP) is 5.35. The van der Waals surface area contributed by atoms with Gasteiger partial charge < -0.3 is 9.84 Å². The van der Waals surface area contributed by atoms with Crippen molar-refractivity contribution in [1.29, 1.82) is 0 Å². The molecule has 1 unspecified atom stereocenters. The second kappa shape index (κ2) is 6.97. The lowest BCUT2D eigenvalue weighted by molar-refractivity contribution is -0.360. The molecule has 0 amide bonds. The summed E-state index contributed by atoms with van der Waals surface area (Å²) >= 11 is 0. The molecule has 0 aromatic heterocycles. The molecule has 0 aliphatic heterocycles. The van der Waals surface area contributed by atoms with Gasteiger partial charge in [-0.3, -0.25) is 0 Å². The van der Waals surface area contributed by atoms with Crippen LogP contribution in [0.3, 0.4) is 0 Å². The summed E-state index contributed by atoms with van der Waals surface area (Å²) < 4.78 is 97.1. The molecule has 4 aliphatic rings. The number of carbonyl (C=O) groups excluding carboxylic acids is 1. The Kier molecular flexibility index (Phi) is 5.48. The van der Waals surface area contributed by atoms with E-state index in [0.717, 1.165) is 32.1 Å². The molecule has 4 aliphatic carbocycles. The van der Waals surface area contributed by atoms with Crippen LogP contribution >= 0.6 is 0 Å². The van der Waals surface area contributed by atoms with Crippen molar-refractivity contribution in [2.45, 2.75) is 88.5 Å². The highest BCUT2D eigenvalue weighted by Crippen LogP contribution is 2.62. The van der Waals surface area contributed by atoms with Gasteiger partial charge in [0.15, 0.2) is 5.60 Å². The van der Waals surface area contributed by atoms with Crippen molar-refractivity contribution in [2.24, 2.45) is 29.6 Å². The van der Waals surface area contributed by atoms with E-state index < -0.39 is 41.6 Å². The third kappa shape index (κ3) is 3.50. The van der Waals surface area contributed by atoms with E-state index in [1.165, 1.54) is 0 Å². The fourth-order valence-corrected chi connectivity index (χ4v) is 6.24. The topological polar surface area (TPSA) is 46.5 Å². The fraction of sp³-hybridized carbons (Fsp3) is 0.950. The van der Waals surface area contributed by atoms with Crippen molar-refractivity contribution < 1.29 is 45.4 Å². The zero-order valence-electron chi connectivity index (χ0n) is 17.0. The van der Waals surface area contributed by atoms with Gasteiger partial charge in [-0.1, -0.05) is 13.8 Å². The van der Waals surface area contributed by atoms with E-state index in [1.807, 2.05) is 0 Å². The summed E-state index contributed by atoms with van der Waals surface area (Å²) in [5.74, 6) is -13.0. The van der Waals surface area contributed by atoms with E-state index in [1.54, 1.807) is 13.8 Å². The number of aliphatic hydroxyl groups is 1. The van der Waals surface area contributed by atoms with Gasteiger partial charge in [-0.25, -0.2) is 4.79 Å². The Balaban J connectivity index is 1.83. The minimum atomic E-state index is -6.53. The molecule has 10 heteroatoms. The van der Waals surface area contributed by atoms with Crippen molar-refractivity contribution in [3.05, 3.63) is 0 Å². The van der Waals surface area contributed by atoms with Crippen LogP contribution in [0.2, 0.25) is 0 Å². The van der Waals surface area contributed by atoms with Gasteiger partial charge in [0.1, 0.15) is 5.60 Å². The highest BCUT2D eigenvalue weighted by molar-refractivity contribution is 5.79. The van der Waals surface area contributed by atoms with Crippen molar-refractivity contribution in [1.82, 2.24) is 0 Å². The highest BCUT2D eigenvalue weighted by atomic mass is 19.4. The first-order chi connectivity index (χ1) is 13.4. The molecule has 0 aromatic rings. The molecule has 1 N–H and O–H groups in total. The molecule has 1 atom stereocenters. The highest BCUT2D eigenvalue weighted by Gasteiger charge is 2.74. The number of ether oxygens (including phenoxy) is 1. The third-order valence-corrected chi connectivity index (χ3v) is 7.41. The molecule has 30 heavy (non-hydrogen) atoms. The standard InChI is InChI=1S/C20H27F7O3/c1-10(2)18(13-5-11-4-12(7-13)8-14(18)6-11)30-15(28)16(3,29)9-17(21,22)19(23,24)20(25,26)27/h10-14,29H,4-9H2,1-3H3. The summed E-state index contributed by atoms with van der Waals surface area (Å²) in [6.45, 7) is 4.10. The second-order valence-corrected chi connectivity index (χ2v) is 9.93. The number of hydrogen-bond donors (Lipinski definition) is 1. The normalized spacial score (nSPS) is 36.1. The Hall–Kier alpha value is -1.06. The Bertz CT molecular complexity index is 656. The summed E-state index contributed by atoms with van der Waals surface area (Å²) in [5.41, 5.74) is -4.26. The van der Waals surface area contributed by atoms with Gasteiger partial charge in [0.05, 0.1) is 6.42 Å². The van der Waals surface area contributed by atoms with Crippen molar-refractivity contribution in [3.63, 3.8) is 0 Å². The monoisotopic (exact) mass is 448 g/mol. The maximum atomic E-state index is 13.8. The molecule has 4 fully saturated rings. The predicted molar refractivity (Wildman–Crippen MR) is 91.9 cm³/mol. The van der Waals surface area contributed by atoms with Crippen LogP contribution in [-0.2, 0) is 9.53 Å². The molecule has 4 bridgehead atoms. The average Bonchev–Trinajstić information content (AvgIpc) is 2.54. The second-order valence-electron chi connectivity index (χ2n) is 9.93. The minimum Gasteiger partial charge on any atom is -0.456 e. The maximum Gasteiger partial charge on any atom is 0.459 e. The Labute approximate surface area is 170 Å². The lowest BCUT2D eigenvalue weighted by atomic mass is 9.47. The summed E-state index contributed by atoms with van der Waals surface area (Å²) in [6.07, 6.45) is -4.72. The Morgan fingerprint density at radius 1 is 0.967 bits per heavy atom. The Morgan fingerprint density at radius 2 is 1.40 bits per heavy atom. The molecular weight excluding hydrogens is 421 g/mol. The van der Waals surface area contributed by atoms with E-state index >= 15 is 0 Å². The van der Waals surface area contributed by atoms with Gasteiger partial charge in [0.25, 0.3) is 0 Å². The van der Waals surface area contributed by atoms with E-state index in [-0.39, 0.29) is 17.8 Å². The molecule has 3 nitrogen and oxygen atoms in total. The van der Waals surface area contributed by atoms with Crippen LogP contribution in [0, 0.1) is 29.6 Å². The van der Waals surface area contributed by atoms with Gasteiger partial charge in [0, 0.05) is 0 Å². The maximum absolute atomic E-state index is 13.8. The first kappa shape index (κ1) is 23.6. The van der Waals surface area contributed by atoms with Crippen molar-refractivity contribution >= 4 is 5.97 Å². The van der Waals surface area contributed by atoms with E-state index in [4.69, 9.17) is 4.74 Å². The SMILES string of the molecule is CC(C)C1(OC(=O)C(C)(O)CC(F)(F)C(F)(F)C(F)(F)F)C2CC3CC(C2)CC1C3. The number of esters is 1. The number of carbonyl (C=O) groups is 1. The number of rotatable bonds is 6. The minimum absolute atomic E-state index is 0.0503. The van der Waals surface area contributed by atoms with Crippen LogP contribution in [0.4, 0.5) is 30.7 Å². The summed E-state index contributed by atoms with van der Waals surface area (Å²) in [4.78, 5) is 12.7. The zero-order chi connectivity index (χ0) is 22.9. The number of halogens is 7. The lowest BCUT2D eigenvalue weighted by Gasteiger charge is -2.62. The van der Waals surface area contributed by atoms with Crippen LogP contribution in [-0.4, -0.2) is 40.3 Å². The van der Waals surface area contributed by atoms with Crippen LogP contribution in [0.15, 0.2) is 0 Å². The smallest absolute Gasteiger partial charge is 0.456 e. The van der Waals surface area contributed by atoms with Crippen LogP contribution in [0.1, 0.15) is 59.3 Å². The summed E-state index contributed by atoms with van der Waals surface area (Å²) in [6, 6.07) is 0. The summed E-state index contributed by atoms with van der Waals surface area (Å²) in [7, 11) is 0. The first-order valence-corrected chi connectivity index (χ1v) is 10.2. The quantitative estimate of drug-likeness (QED) is 0.440. The third-order valence-electron chi connectivity index (χ3n) is 7.41. The molecule has 0 radical (unpaired) electrons. The molecule has 174 valence electrons. The van der Waals surface area contributed by atoms with E-state index in [9.17, 15) is 40.6 Å². The number of alkyl halides is 7. The lowest BCUT2D eigenvalue weighted by Crippen LogP contribution is -2.64. The first-order valence-electron chi connectivity index (χ1n) is 10.2. The zero-order valence-corrected chi connectivity index (χ0v) is 17.0. The number of hydrogen-bond acceptors (Lipinski definition) is 3. The van der Waals surface area contributed by atoms with Gasteiger partial charge >= 0.3 is 24.0 Å². The molecule has 4 rings (SSSR count). The molecule has 0 heterocycles. The molecule has 4 saturated carbocycles. The van der Waals surface area contributed by atoms with Crippen molar-refractivity contribution in [3.8, 4) is 0 Å². The van der Waals surface area contributed by atoms with Gasteiger partial charge in [-0.05, 0) is 68.6 Å². The average molecular weight is 448 g/mol. The van der Waals surface area contributed by atoms with Gasteiger partial charge in [-0.15, -0.1) is 0 Å². The van der Waals surface area contributed by atoms with E-state index in [0.29, 0.717) is 18.8 Å². The Morgan fingerprint density at radius 3 is 1.77 bits per heavy atom. The van der Waals surface area contributed by atoms with Gasteiger partial charge in [0.2, 0.25) is 0 Å². The fourth-order valence-electron chi connectivity index (χ4n) is 6.24. The molecule has 0 aromatic carbocycles. The molecule has 0 spiro atoms. The van der Waals surface area contributed by atoms with Crippen LogP contribution in [0.25, 0.3) is 0 Å².